The van der Waals surface area contributed by atoms with Crippen molar-refractivity contribution >= 4 is 10.8 Å². The van der Waals surface area contributed by atoms with Crippen molar-refractivity contribution in [1.82, 2.24) is 4.90 Å². The molecule has 2 N–H and O–H groups in total. The van der Waals surface area contributed by atoms with Crippen molar-refractivity contribution in [3.63, 3.8) is 0 Å². The monoisotopic (exact) mass is 282 g/mol. The third kappa shape index (κ3) is 3.12. The van der Waals surface area contributed by atoms with Crippen LogP contribution in [0.1, 0.15) is 44.2 Å². The summed E-state index contributed by atoms with van der Waals surface area (Å²) in [5.74, 6) is 0. The van der Waals surface area contributed by atoms with Crippen LogP contribution >= 0.6 is 0 Å². The van der Waals surface area contributed by atoms with Crippen molar-refractivity contribution in [2.75, 3.05) is 13.1 Å². The van der Waals surface area contributed by atoms with Gasteiger partial charge in [0.25, 0.3) is 0 Å². The van der Waals surface area contributed by atoms with Crippen molar-refractivity contribution in [3.8, 4) is 0 Å². The highest BCUT2D eigenvalue weighted by atomic mass is 15.2. The van der Waals surface area contributed by atoms with Crippen LogP contribution in [0.5, 0.6) is 0 Å². The molecule has 0 spiro atoms. The van der Waals surface area contributed by atoms with Gasteiger partial charge in [-0.25, -0.2) is 0 Å². The first-order chi connectivity index (χ1) is 10.3. The molecule has 1 saturated carbocycles. The second kappa shape index (κ2) is 6.59. The normalized spacial score (nSPS) is 17.7. The number of hydrogen-bond acceptors (Lipinski definition) is 2. The van der Waals surface area contributed by atoms with Crippen LogP contribution in [0.2, 0.25) is 0 Å². The van der Waals surface area contributed by atoms with Crippen LogP contribution in [0.3, 0.4) is 0 Å². The van der Waals surface area contributed by atoms with Gasteiger partial charge in [0.1, 0.15) is 0 Å². The molecule has 3 rings (SSSR count). The molecule has 0 aliphatic heterocycles. The lowest BCUT2D eigenvalue weighted by atomic mass is 9.98. The zero-order valence-electron chi connectivity index (χ0n) is 13.0. The van der Waals surface area contributed by atoms with Crippen LogP contribution in [0, 0.1) is 0 Å². The standard InChI is InChI=1S/C19H26N2/c1-2-21(16-10-4-5-11-16)14-19(20)18-13-7-9-15-8-3-6-12-17(15)18/h3,6-9,12-13,16,19H,2,4-5,10-11,14,20H2,1H3. The molecule has 0 saturated heterocycles. The van der Waals surface area contributed by atoms with Gasteiger partial charge in [0.2, 0.25) is 0 Å². The maximum absolute atomic E-state index is 6.56. The topological polar surface area (TPSA) is 29.3 Å². The third-order valence-corrected chi connectivity index (χ3v) is 4.90. The highest BCUT2D eigenvalue weighted by Crippen LogP contribution is 2.27. The SMILES string of the molecule is CCN(CC(N)c1cccc2ccccc12)C1CCCC1. The van der Waals surface area contributed by atoms with E-state index >= 15 is 0 Å². The van der Waals surface area contributed by atoms with Crippen molar-refractivity contribution in [1.29, 1.82) is 0 Å². The predicted molar refractivity (Wildman–Crippen MR) is 90.4 cm³/mol. The fourth-order valence-corrected chi connectivity index (χ4v) is 3.73. The van der Waals surface area contributed by atoms with Gasteiger partial charge in [-0.3, -0.25) is 4.90 Å². The second-order valence-electron chi connectivity index (χ2n) is 6.20. The van der Waals surface area contributed by atoms with Gasteiger partial charge in [-0.1, -0.05) is 62.2 Å². The minimum Gasteiger partial charge on any atom is -0.323 e. The van der Waals surface area contributed by atoms with Crippen LogP contribution in [-0.2, 0) is 0 Å². The first-order valence-corrected chi connectivity index (χ1v) is 8.27. The van der Waals surface area contributed by atoms with E-state index in [-0.39, 0.29) is 6.04 Å². The minimum absolute atomic E-state index is 0.0941. The maximum atomic E-state index is 6.56. The van der Waals surface area contributed by atoms with E-state index in [4.69, 9.17) is 5.73 Å². The van der Waals surface area contributed by atoms with E-state index < -0.39 is 0 Å². The zero-order valence-corrected chi connectivity index (χ0v) is 13.0. The van der Waals surface area contributed by atoms with E-state index in [1.165, 1.54) is 42.0 Å². The number of nitrogens with two attached hydrogens (primary N) is 1. The Hall–Kier alpha value is -1.38. The van der Waals surface area contributed by atoms with E-state index in [1.54, 1.807) is 0 Å². The molecule has 1 unspecified atom stereocenters. The summed E-state index contributed by atoms with van der Waals surface area (Å²) in [6, 6.07) is 15.9. The number of hydrogen-bond donors (Lipinski definition) is 1. The predicted octanol–water partition coefficient (Wildman–Crippen LogP) is 4.10. The number of nitrogens with zero attached hydrogens (tertiary/aromatic N) is 1. The molecular formula is C19H26N2. The third-order valence-electron chi connectivity index (χ3n) is 4.90. The van der Waals surface area contributed by atoms with Crippen molar-refractivity contribution in [3.05, 3.63) is 48.0 Å². The molecule has 1 aliphatic rings. The summed E-state index contributed by atoms with van der Waals surface area (Å²) in [5.41, 5.74) is 7.85. The Morgan fingerprint density at radius 2 is 1.81 bits per heavy atom. The first-order valence-electron chi connectivity index (χ1n) is 8.27. The lowest BCUT2D eigenvalue weighted by Crippen LogP contribution is -2.38. The maximum Gasteiger partial charge on any atom is 0.0430 e. The summed E-state index contributed by atoms with van der Waals surface area (Å²) < 4.78 is 0. The summed E-state index contributed by atoms with van der Waals surface area (Å²) in [5, 5.41) is 2.59. The van der Waals surface area contributed by atoms with E-state index in [2.05, 4.69) is 54.3 Å². The fraction of sp³-hybridized carbons (Fsp3) is 0.474. The van der Waals surface area contributed by atoms with Gasteiger partial charge in [0.15, 0.2) is 0 Å². The van der Waals surface area contributed by atoms with E-state index in [0.717, 1.165) is 19.1 Å². The number of rotatable bonds is 5. The van der Waals surface area contributed by atoms with Crippen molar-refractivity contribution in [2.24, 2.45) is 5.73 Å². The van der Waals surface area contributed by atoms with Crippen LogP contribution < -0.4 is 5.73 Å². The molecule has 0 amide bonds. The van der Waals surface area contributed by atoms with Crippen molar-refractivity contribution in [2.45, 2.75) is 44.7 Å². The van der Waals surface area contributed by atoms with Gasteiger partial charge < -0.3 is 5.73 Å². The van der Waals surface area contributed by atoms with E-state index in [9.17, 15) is 0 Å². The summed E-state index contributed by atoms with van der Waals surface area (Å²) >= 11 is 0. The largest absolute Gasteiger partial charge is 0.323 e. The quantitative estimate of drug-likeness (QED) is 0.894. The highest BCUT2D eigenvalue weighted by molar-refractivity contribution is 5.86. The van der Waals surface area contributed by atoms with Gasteiger partial charge in [-0.2, -0.15) is 0 Å². The summed E-state index contributed by atoms with van der Waals surface area (Å²) in [4.78, 5) is 2.58. The lowest BCUT2D eigenvalue weighted by molar-refractivity contribution is 0.197. The Morgan fingerprint density at radius 3 is 2.57 bits per heavy atom. The molecule has 2 nitrogen and oxygen atoms in total. The van der Waals surface area contributed by atoms with Gasteiger partial charge in [0, 0.05) is 18.6 Å². The molecule has 1 fully saturated rings. The zero-order chi connectivity index (χ0) is 14.7. The molecular weight excluding hydrogens is 256 g/mol. The Balaban J connectivity index is 1.81. The molecule has 2 aromatic carbocycles. The number of benzene rings is 2. The Bertz CT molecular complexity index is 582. The molecule has 2 aromatic rings. The molecule has 0 aromatic heterocycles. The molecule has 21 heavy (non-hydrogen) atoms. The minimum atomic E-state index is 0.0941. The molecule has 0 radical (unpaired) electrons. The molecule has 0 bridgehead atoms. The van der Waals surface area contributed by atoms with Gasteiger partial charge in [-0.05, 0) is 35.7 Å². The van der Waals surface area contributed by atoms with Gasteiger partial charge in [-0.15, -0.1) is 0 Å². The van der Waals surface area contributed by atoms with Crippen LogP contribution in [-0.4, -0.2) is 24.0 Å². The lowest BCUT2D eigenvalue weighted by Gasteiger charge is -2.30. The van der Waals surface area contributed by atoms with Gasteiger partial charge >= 0.3 is 0 Å². The summed E-state index contributed by atoms with van der Waals surface area (Å²) in [7, 11) is 0. The fourth-order valence-electron chi connectivity index (χ4n) is 3.73. The first kappa shape index (κ1) is 14.6. The molecule has 1 atom stereocenters. The molecule has 2 heteroatoms. The molecule has 112 valence electrons. The second-order valence-corrected chi connectivity index (χ2v) is 6.20. The average molecular weight is 282 g/mol. The van der Waals surface area contributed by atoms with Crippen molar-refractivity contribution < 1.29 is 0 Å². The Morgan fingerprint density at radius 1 is 1.10 bits per heavy atom. The van der Waals surface area contributed by atoms with Crippen LogP contribution in [0.25, 0.3) is 10.8 Å². The number of likely N-dealkylation sites (N-methyl/N-ethyl adjacent to an activating group) is 1. The van der Waals surface area contributed by atoms with Gasteiger partial charge in [0.05, 0.1) is 0 Å². The number of fused-ring (bicyclic) bond motifs is 1. The molecule has 1 aliphatic carbocycles. The Labute approximate surface area is 127 Å². The van der Waals surface area contributed by atoms with Crippen LogP contribution in [0.15, 0.2) is 42.5 Å². The molecule has 0 heterocycles. The Kier molecular flexibility index (Phi) is 4.57. The van der Waals surface area contributed by atoms with Crippen LogP contribution in [0.4, 0.5) is 0 Å². The highest BCUT2D eigenvalue weighted by Gasteiger charge is 2.23. The van der Waals surface area contributed by atoms with E-state index in [1.807, 2.05) is 0 Å². The van der Waals surface area contributed by atoms with E-state index in [0.29, 0.717) is 0 Å². The summed E-state index contributed by atoms with van der Waals surface area (Å²) in [6.45, 7) is 4.33. The summed E-state index contributed by atoms with van der Waals surface area (Å²) in [6.07, 6.45) is 5.45. The average Bonchev–Trinajstić information content (AvgIpc) is 3.06. The smallest absolute Gasteiger partial charge is 0.0430 e.